The van der Waals surface area contributed by atoms with E-state index in [0.717, 1.165) is 38.9 Å². The van der Waals surface area contributed by atoms with E-state index in [1.54, 1.807) is 0 Å². The number of methoxy groups -OCH3 is 1. The predicted octanol–water partition coefficient (Wildman–Crippen LogP) is 0.623. The highest BCUT2D eigenvalue weighted by Gasteiger charge is 2.48. The Morgan fingerprint density at radius 2 is 2.31 bits per heavy atom. The molecule has 2 fully saturated rings. The molecule has 16 heavy (non-hydrogen) atoms. The second-order valence-corrected chi connectivity index (χ2v) is 5.09. The van der Waals surface area contributed by atoms with Crippen LogP contribution in [0.2, 0.25) is 0 Å². The van der Waals surface area contributed by atoms with Crippen LogP contribution in [0.5, 0.6) is 0 Å². The first-order chi connectivity index (χ1) is 7.69. The maximum atomic E-state index is 12.1. The van der Waals surface area contributed by atoms with Crippen molar-refractivity contribution in [2.45, 2.75) is 31.2 Å². The molecule has 2 atom stereocenters. The summed E-state index contributed by atoms with van der Waals surface area (Å²) in [6, 6.07) is 0. The van der Waals surface area contributed by atoms with Crippen molar-refractivity contribution in [3.05, 3.63) is 0 Å². The average molecular weight is 226 g/mol. The van der Waals surface area contributed by atoms with Crippen LogP contribution >= 0.6 is 0 Å². The molecule has 2 saturated heterocycles. The Bertz CT molecular complexity index is 262. The number of carbonyl (C=O) groups excluding carboxylic acids is 1. The van der Waals surface area contributed by atoms with Crippen molar-refractivity contribution in [1.29, 1.82) is 0 Å². The summed E-state index contributed by atoms with van der Waals surface area (Å²) in [6.07, 6.45) is 4.32. The Hall–Kier alpha value is -0.610. The molecule has 4 heteroatoms. The Morgan fingerprint density at radius 3 is 2.81 bits per heavy atom. The molecule has 2 rings (SSSR count). The molecular weight excluding hydrogens is 204 g/mol. The molecule has 4 nitrogen and oxygen atoms in total. The molecule has 0 spiro atoms. The minimum absolute atomic E-state index is 0.0625. The molecule has 2 aliphatic heterocycles. The second kappa shape index (κ2) is 4.72. The fourth-order valence-electron chi connectivity index (χ4n) is 3.14. The summed E-state index contributed by atoms with van der Waals surface area (Å²) < 4.78 is 5.02. The highest BCUT2D eigenvalue weighted by Crippen LogP contribution is 2.34. The van der Waals surface area contributed by atoms with Gasteiger partial charge in [0, 0.05) is 12.5 Å². The number of esters is 1. The zero-order valence-electron chi connectivity index (χ0n) is 10.3. The van der Waals surface area contributed by atoms with E-state index < -0.39 is 5.54 Å². The third kappa shape index (κ3) is 1.96. The van der Waals surface area contributed by atoms with Crippen LogP contribution in [0.4, 0.5) is 0 Å². The van der Waals surface area contributed by atoms with Crippen LogP contribution in [-0.4, -0.2) is 50.2 Å². The van der Waals surface area contributed by atoms with E-state index in [9.17, 15) is 4.79 Å². The quantitative estimate of drug-likeness (QED) is 0.701. The van der Waals surface area contributed by atoms with E-state index in [-0.39, 0.29) is 5.97 Å². The molecule has 92 valence electrons. The Kier molecular flexibility index (Phi) is 3.50. The number of likely N-dealkylation sites (tertiary alicyclic amines) is 1. The van der Waals surface area contributed by atoms with Gasteiger partial charge < -0.3 is 15.0 Å². The van der Waals surface area contributed by atoms with E-state index in [1.165, 1.54) is 13.5 Å². The minimum atomic E-state index is -0.405. The molecule has 1 N–H and O–H groups in total. The Morgan fingerprint density at radius 1 is 1.50 bits per heavy atom. The van der Waals surface area contributed by atoms with Gasteiger partial charge in [-0.15, -0.1) is 0 Å². The van der Waals surface area contributed by atoms with Crippen LogP contribution < -0.4 is 5.32 Å². The summed E-state index contributed by atoms with van der Waals surface area (Å²) >= 11 is 0. The van der Waals surface area contributed by atoms with Crippen molar-refractivity contribution in [1.82, 2.24) is 10.2 Å². The van der Waals surface area contributed by atoms with Gasteiger partial charge in [-0.2, -0.15) is 0 Å². The van der Waals surface area contributed by atoms with Gasteiger partial charge in [0.05, 0.1) is 7.11 Å². The van der Waals surface area contributed by atoms with E-state index in [2.05, 4.69) is 17.3 Å². The van der Waals surface area contributed by atoms with Gasteiger partial charge in [-0.1, -0.05) is 0 Å². The molecule has 0 bridgehead atoms. The summed E-state index contributed by atoms with van der Waals surface area (Å²) in [5.41, 5.74) is -0.405. The summed E-state index contributed by atoms with van der Waals surface area (Å²) in [5, 5.41) is 3.44. The van der Waals surface area contributed by atoms with Gasteiger partial charge in [-0.05, 0) is 45.8 Å². The summed E-state index contributed by atoms with van der Waals surface area (Å²) in [4.78, 5) is 14.4. The van der Waals surface area contributed by atoms with Crippen molar-refractivity contribution in [3.63, 3.8) is 0 Å². The van der Waals surface area contributed by atoms with Crippen LogP contribution in [-0.2, 0) is 9.53 Å². The number of hydrogen-bond donors (Lipinski definition) is 1. The van der Waals surface area contributed by atoms with Crippen LogP contribution in [0.3, 0.4) is 0 Å². The normalized spacial score (nSPS) is 36.2. The lowest BCUT2D eigenvalue weighted by Gasteiger charge is -2.40. The number of nitrogens with zero attached hydrogens (tertiary/aromatic N) is 1. The lowest BCUT2D eigenvalue weighted by molar-refractivity contribution is -0.152. The van der Waals surface area contributed by atoms with Crippen LogP contribution in [0, 0.1) is 5.92 Å². The second-order valence-electron chi connectivity index (χ2n) is 5.09. The van der Waals surface area contributed by atoms with Crippen molar-refractivity contribution in [3.8, 4) is 0 Å². The van der Waals surface area contributed by atoms with Gasteiger partial charge >= 0.3 is 5.97 Å². The SMILES string of the molecule is COC(=O)C1(C2CCN(C)C2)CCCCN1. The topological polar surface area (TPSA) is 41.6 Å². The molecule has 0 amide bonds. The molecule has 2 heterocycles. The van der Waals surface area contributed by atoms with Gasteiger partial charge in [0.2, 0.25) is 0 Å². The highest BCUT2D eigenvalue weighted by molar-refractivity contribution is 5.81. The Labute approximate surface area is 97.3 Å². The van der Waals surface area contributed by atoms with Gasteiger partial charge in [-0.25, -0.2) is 0 Å². The lowest BCUT2D eigenvalue weighted by Crippen LogP contribution is -2.60. The highest BCUT2D eigenvalue weighted by atomic mass is 16.5. The molecule has 0 saturated carbocycles. The van der Waals surface area contributed by atoms with Crippen LogP contribution in [0.25, 0.3) is 0 Å². The van der Waals surface area contributed by atoms with Crippen molar-refractivity contribution in [2.24, 2.45) is 5.92 Å². The fraction of sp³-hybridized carbons (Fsp3) is 0.917. The number of rotatable bonds is 2. The number of hydrogen-bond acceptors (Lipinski definition) is 4. The standard InChI is InChI=1S/C12H22N2O2/c1-14-8-5-10(9-14)12(11(15)16-2)6-3-4-7-13-12/h10,13H,3-9H2,1-2H3. The first-order valence-corrected chi connectivity index (χ1v) is 6.21. The molecule has 2 aliphatic rings. The number of carbonyl (C=O) groups is 1. The van der Waals surface area contributed by atoms with E-state index in [1.807, 2.05) is 0 Å². The zero-order valence-corrected chi connectivity index (χ0v) is 10.3. The Balaban J connectivity index is 2.16. The third-order valence-corrected chi connectivity index (χ3v) is 4.08. The average Bonchev–Trinajstić information content (AvgIpc) is 2.76. The first kappa shape index (κ1) is 11.9. The van der Waals surface area contributed by atoms with Gasteiger partial charge in [0.15, 0.2) is 0 Å². The smallest absolute Gasteiger partial charge is 0.326 e. The maximum absolute atomic E-state index is 12.1. The number of piperidine rings is 1. The minimum Gasteiger partial charge on any atom is -0.468 e. The molecule has 0 aromatic carbocycles. The third-order valence-electron chi connectivity index (χ3n) is 4.08. The zero-order chi connectivity index (χ0) is 11.6. The van der Waals surface area contributed by atoms with Gasteiger partial charge in [0.1, 0.15) is 5.54 Å². The predicted molar refractivity (Wildman–Crippen MR) is 62.2 cm³/mol. The number of nitrogens with one attached hydrogen (secondary N) is 1. The fourth-order valence-corrected chi connectivity index (χ4v) is 3.14. The molecule has 0 aromatic rings. The summed E-state index contributed by atoms with van der Waals surface area (Å²) in [7, 11) is 3.62. The maximum Gasteiger partial charge on any atom is 0.326 e. The monoisotopic (exact) mass is 226 g/mol. The largest absolute Gasteiger partial charge is 0.468 e. The van der Waals surface area contributed by atoms with Gasteiger partial charge in [-0.3, -0.25) is 4.79 Å². The summed E-state index contributed by atoms with van der Waals surface area (Å²) in [5.74, 6) is 0.345. The van der Waals surface area contributed by atoms with Crippen LogP contribution in [0.1, 0.15) is 25.7 Å². The van der Waals surface area contributed by atoms with E-state index in [0.29, 0.717) is 5.92 Å². The van der Waals surface area contributed by atoms with Gasteiger partial charge in [0.25, 0.3) is 0 Å². The van der Waals surface area contributed by atoms with Crippen LogP contribution in [0.15, 0.2) is 0 Å². The summed E-state index contributed by atoms with van der Waals surface area (Å²) in [6.45, 7) is 3.03. The van der Waals surface area contributed by atoms with E-state index in [4.69, 9.17) is 4.74 Å². The molecule has 0 radical (unpaired) electrons. The molecule has 0 aromatic heterocycles. The lowest BCUT2D eigenvalue weighted by atomic mass is 9.77. The molecular formula is C12H22N2O2. The van der Waals surface area contributed by atoms with Crippen molar-refractivity contribution in [2.75, 3.05) is 33.8 Å². The molecule has 0 aliphatic carbocycles. The van der Waals surface area contributed by atoms with Crippen molar-refractivity contribution < 1.29 is 9.53 Å². The first-order valence-electron chi connectivity index (χ1n) is 6.21. The van der Waals surface area contributed by atoms with Crippen molar-refractivity contribution >= 4 is 5.97 Å². The van der Waals surface area contributed by atoms with E-state index >= 15 is 0 Å². The molecule has 2 unspecified atom stereocenters. The number of ether oxygens (including phenoxy) is 1.